The average molecular weight is 471 g/mol. The lowest BCUT2D eigenvalue weighted by molar-refractivity contribution is 0.0696. The van der Waals surface area contributed by atoms with E-state index in [2.05, 4.69) is 45.0 Å². The van der Waals surface area contributed by atoms with Gasteiger partial charge in [0.2, 0.25) is 0 Å². The van der Waals surface area contributed by atoms with Crippen molar-refractivity contribution in [3.63, 3.8) is 0 Å². The first-order valence-electron chi connectivity index (χ1n) is 11.6. The highest BCUT2D eigenvalue weighted by Crippen LogP contribution is 2.52. The van der Waals surface area contributed by atoms with Gasteiger partial charge in [-0.15, -0.1) is 11.3 Å². The Morgan fingerprint density at radius 1 is 1.12 bits per heavy atom. The molecule has 7 heteroatoms. The molecule has 0 bridgehead atoms. The first kappa shape index (κ1) is 23.8. The largest absolute Gasteiger partial charge is 0.478 e. The Morgan fingerprint density at radius 3 is 2.36 bits per heavy atom. The molecule has 1 aliphatic carbocycles. The summed E-state index contributed by atoms with van der Waals surface area (Å²) in [5.41, 5.74) is 2.57. The standard InChI is InChI=1S/C26H34N2O4S/c1-25(2)14-19-20(24(30)31)23(33-21(19)26(3,4)15-25)27-22(29)16-6-8-17(9-7-16)28(5)18-10-12-32-13-11-18/h6-9,18H,10-15H2,1-5H3,(H,27,29)(H,30,31). The predicted octanol–water partition coefficient (Wildman–Crippen LogP) is 5.56. The highest BCUT2D eigenvalue weighted by Gasteiger charge is 2.42. The molecule has 0 radical (unpaired) electrons. The first-order valence-corrected chi connectivity index (χ1v) is 12.4. The molecular weight excluding hydrogens is 436 g/mol. The number of hydrogen-bond acceptors (Lipinski definition) is 5. The molecule has 1 aromatic heterocycles. The fourth-order valence-electron chi connectivity index (χ4n) is 5.62. The third kappa shape index (κ3) is 4.80. The van der Waals surface area contributed by atoms with Gasteiger partial charge in [0.25, 0.3) is 5.91 Å². The van der Waals surface area contributed by atoms with Gasteiger partial charge in [-0.2, -0.15) is 0 Å². The number of thiophene rings is 1. The van der Waals surface area contributed by atoms with Crippen molar-refractivity contribution in [1.29, 1.82) is 0 Å². The number of carboxylic acid groups (broad SMARTS) is 1. The molecule has 1 fully saturated rings. The Balaban J connectivity index is 1.56. The van der Waals surface area contributed by atoms with Gasteiger partial charge in [0, 0.05) is 42.4 Å². The van der Waals surface area contributed by atoms with Gasteiger partial charge in [-0.05, 0) is 66.3 Å². The number of carbonyl (C=O) groups excluding carboxylic acids is 1. The van der Waals surface area contributed by atoms with Gasteiger partial charge in [0.1, 0.15) is 5.00 Å². The quantitative estimate of drug-likeness (QED) is 0.598. The van der Waals surface area contributed by atoms with Crippen LogP contribution >= 0.6 is 11.3 Å². The third-order valence-electron chi connectivity index (χ3n) is 6.91. The van der Waals surface area contributed by atoms with Crippen LogP contribution in [0.15, 0.2) is 24.3 Å². The summed E-state index contributed by atoms with van der Waals surface area (Å²) in [5, 5.41) is 13.3. The number of fused-ring (bicyclic) bond motifs is 1. The van der Waals surface area contributed by atoms with Crippen LogP contribution in [0.1, 0.15) is 78.1 Å². The maximum atomic E-state index is 13.0. The van der Waals surface area contributed by atoms with E-state index in [4.69, 9.17) is 4.74 Å². The van der Waals surface area contributed by atoms with E-state index in [9.17, 15) is 14.7 Å². The Labute approximate surface area is 199 Å². The molecule has 0 saturated carbocycles. The SMILES string of the molecule is CN(c1ccc(C(=O)Nc2sc3c(c2C(=O)O)CC(C)(C)CC3(C)C)cc1)C1CCOCC1. The zero-order valence-electron chi connectivity index (χ0n) is 20.2. The van der Waals surface area contributed by atoms with Gasteiger partial charge in [-0.1, -0.05) is 27.7 Å². The van der Waals surface area contributed by atoms with E-state index in [1.54, 1.807) is 0 Å². The number of nitrogens with zero attached hydrogens (tertiary/aromatic N) is 1. The summed E-state index contributed by atoms with van der Waals surface area (Å²) in [4.78, 5) is 28.6. The topological polar surface area (TPSA) is 78.9 Å². The van der Waals surface area contributed by atoms with Gasteiger partial charge >= 0.3 is 5.97 Å². The highest BCUT2D eigenvalue weighted by molar-refractivity contribution is 7.17. The van der Waals surface area contributed by atoms with Crippen molar-refractivity contribution in [3.8, 4) is 0 Å². The van der Waals surface area contributed by atoms with Gasteiger partial charge in [0.15, 0.2) is 0 Å². The van der Waals surface area contributed by atoms with E-state index < -0.39 is 5.97 Å². The number of amides is 1. The van der Waals surface area contributed by atoms with Crippen molar-refractivity contribution in [2.24, 2.45) is 5.41 Å². The minimum atomic E-state index is -0.982. The number of benzene rings is 1. The molecular formula is C26H34N2O4S. The predicted molar refractivity (Wildman–Crippen MR) is 133 cm³/mol. The molecule has 1 aliphatic heterocycles. The Bertz CT molecular complexity index is 1050. The second-order valence-electron chi connectivity index (χ2n) is 10.8. The molecule has 2 aromatic rings. The number of rotatable bonds is 5. The highest BCUT2D eigenvalue weighted by atomic mass is 32.1. The van der Waals surface area contributed by atoms with Crippen LogP contribution in [-0.2, 0) is 16.6 Å². The van der Waals surface area contributed by atoms with E-state index in [-0.39, 0.29) is 22.3 Å². The van der Waals surface area contributed by atoms with Crippen LogP contribution < -0.4 is 10.2 Å². The molecule has 2 aliphatic rings. The second kappa shape index (κ2) is 8.76. The number of carbonyl (C=O) groups is 2. The number of aromatic carboxylic acids is 1. The van der Waals surface area contributed by atoms with Gasteiger partial charge < -0.3 is 20.1 Å². The summed E-state index contributed by atoms with van der Waals surface area (Å²) >= 11 is 1.41. The van der Waals surface area contributed by atoms with E-state index in [1.807, 2.05) is 24.3 Å². The van der Waals surface area contributed by atoms with E-state index in [0.29, 0.717) is 23.0 Å². The summed E-state index contributed by atoms with van der Waals surface area (Å²) in [6.07, 6.45) is 3.66. The number of nitrogens with one attached hydrogen (secondary N) is 1. The van der Waals surface area contributed by atoms with Gasteiger partial charge in [-0.25, -0.2) is 4.79 Å². The smallest absolute Gasteiger partial charge is 0.339 e. The first-order chi connectivity index (χ1) is 15.5. The third-order valence-corrected chi connectivity index (χ3v) is 8.43. The average Bonchev–Trinajstić information content (AvgIpc) is 3.11. The van der Waals surface area contributed by atoms with Crippen LogP contribution in [0, 0.1) is 5.41 Å². The van der Waals surface area contributed by atoms with E-state index in [0.717, 1.165) is 48.6 Å². The molecule has 6 nitrogen and oxygen atoms in total. The molecule has 4 rings (SSSR count). The molecule has 2 N–H and O–H groups in total. The normalized spacial score (nSPS) is 19.5. The summed E-state index contributed by atoms with van der Waals surface area (Å²) < 4.78 is 5.45. The summed E-state index contributed by atoms with van der Waals surface area (Å²) in [5.74, 6) is -1.27. The minimum absolute atomic E-state index is 0.00929. The lowest BCUT2D eigenvalue weighted by atomic mass is 9.65. The van der Waals surface area contributed by atoms with Crippen LogP contribution in [0.3, 0.4) is 0 Å². The molecule has 1 saturated heterocycles. The number of carboxylic acids is 1. The van der Waals surface area contributed by atoms with Crippen molar-refractivity contribution in [3.05, 3.63) is 45.8 Å². The zero-order valence-corrected chi connectivity index (χ0v) is 21.0. The Hall–Kier alpha value is -2.38. The van der Waals surface area contributed by atoms with Crippen molar-refractivity contribution in [1.82, 2.24) is 0 Å². The molecule has 0 atom stereocenters. The van der Waals surface area contributed by atoms with Crippen LogP contribution in [-0.4, -0.2) is 43.3 Å². The van der Waals surface area contributed by atoms with Gasteiger partial charge in [0.05, 0.1) is 5.56 Å². The van der Waals surface area contributed by atoms with Crippen molar-refractivity contribution < 1.29 is 19.4 Å². The molecule has 0 spiro atoms. The molecule has 1 aromatic carbocycles. The Morgan fingerprint density at radius 2 is 1.76 bits per heavy atom. The summed E-state index contributed by atoms with van der Waals surface area (Å²) in [6.45, 7) is 10.2. The number of hydrogen-bond donors (Lipinski definition) is 2. The maximum absolute atomic E-state index is 13.0. The maximum Gasteiger partial charge on any atom is 0.339 e. The molecule has 2 heterocycles. The summed E-state index contributed by atoms with van der Waals surface area (Å²) in [6, 6.07) is 7.95. The van der Waals surface area contributed by atoms with Gasteiger partial charge in [-0.3, -0.25) is 4.79 Å². The molecule has 0 unspecified atom stereocenters. The second-order valence-corrected chi connectivity index (χ2v) is 11.8. The Kier molecular flexibility index (Phi) is 6.31. The van der Waals surface area contributed by atoms with Crippen molar-refractivity contribution in [2.75, 3.05) is 30.5 Å². The summed E-state index contributed by atoms with van der Waals surface area (Å²) in [7, 11) is 2.07. The molecule has 33 heavy (non-hydrogen) atoms. The molecule has 178 valence electrons. The minimum Gasteiger partial charge on any atom is -0.478 e. The van der Waals surface area contributed by atoms with E-state index in [1.165, 1.54) is 11.3 Å². The van der Waals surface area contributed by atoms with Crippen molar-refractivity contribution in [2.45, 2.75) is 64.8 Å². The number of anilines is 2. The number of ether oxygens (including phenoxy) is 1. The lowest BCUT2D eigenvalue weighted by Crippen LogP contribution is -2.36. The van der Waals surface area contributed by atoms with Crippen LogP contribution in [0.25, 0.3) is 0 Å². The monoisotopic (exact) mass is 470 g/mol. The van der Waals surface area contributed by atoms with Crippen LogP contribution in [0.5, 0.6) is 0 Å². The molecule has 1 amide bonds. The van der Waals surface area contributed by atoms with Crippen molar-refractivity contribution >= 4 is 33.9 Å². The van der Waals surface area contributed by atoms with Crippen LogP contribution in [0.4, 0.5) is 10.7 Å². The lowest BCUT2D eigenvalue weighted by Gasteiger charge is -2.40. The fraction of sp³-hybridized carbons (Fsp3) is 0.538. The van der Waals surface area contributed by atoms with E-state index >= 15 is 0 Å². The van der Waals surface area contributed by atoms with Crippen LogP contribution in [0.2, 0.25) is 0 Å². The fourth-order valence-corrected chi connectivity index (χ4v) is 6.93. The zero-order chi connectivity index (χ0) is 24.0.